The number of hydrogen-bond acceptors (Lipinski definition) is 5. The van der Waals surface area contributed by atoms with Gasteiger partial charge in [-0.15, -0.1) is 12.4 Å². The Kier molecular flexibility index (Phi) is 8.80. The smallest absolute Gasteiger partial charge is 0.272 e. The van der Waals surface area contributed by atoms with Gasteiger partial charge in [-0.2, -0.15) is 5.10 Å². The molecular weight excluding hydrogens is 405 g/mol. The highest BCUT2D eigenvalue weighted by Gasteiger charge is 2.18. The molecule has 0 aliphatic heterocycles. The van der Waals surface area contributed by atoms with Crippen molar-refractivity contribution in [2.75, 3.05) is 19.6 Å². The van der Waals surface area contributed by atoms with E-state index in [0.717, 1.165) is 13.0 Å². The first-order chi connectivity index (χ1) is 11.9. The third-order valence-electron chi connectivity index (χ3n) is 3.28. The van der Waals surface area contributed by atoms with Crippen LogP contribution >= 0.6 is 35.6 Å². The topological polar surface area (TPSA) is 102 Å². The summed E-state index contributed by atoms with van der Waals surface area (Å²) in [6.45, 7) is 4.10. The number of nitro benzene ring substituents is 1. The monoisotopic (exact) mass is 421 g/mol. The van der Waals surface area contributed by atoms with Crippen molar-refractivity contribution in [2.45, 2.75) is 13.3 Å². The molecule has 11 heteroatoms. The standard InChI is InChI=1S/C15H17Cl2N5O3.ClH/c1-2-4-18-5-6-19-15(23)13-3-7-21(20-13)14-11(16)8-10(22(24)25)9-12(14)17;/h3,7-9,18H,2,4-6H2,1H3,(H,19,23);1H. The molecule has 0 saturated carbocycles. The van der Waals surface area contributed by atoms with Gasteiger partial charge >= 0.3 is 0 Å². The van der Waals surface area contributed by atoms with Crippen molar-refractivity contribution in [3.05, 3.63) is 50.2 Å². The van der Waals surface area contributed by atoms with Crippen LogP contribution in [0.3, 0.4) is 0 Å². The molecule has 26 heavy (non-hydrogen) atoms. The fourth-order valence-electron chi connectivity index (χ4n) is 2.10. The Morgan fingerprint density at radius 1 is 1.27 bits per heavy atom. The maximum Gasteiger partial charge on any atom is 0.272 e. The molecule has 0 aliphatic rings. The molecule has 1 aromatic carbocycles. The molecule has 0 saturated heterocycles. The number of nitrogens with one attached hydrogen (secondary N) is 2. The Bertz CT molecular complexity index is 759. The van der Waals surface area contributed by atoms with Crippen molar-refractivity contribution < 1.29 is 9.72 Å². The molecule has 2 N–H and O–H groups in total. The molecule has 0 fully saturated rings. The third kappa shape index (κ3) is 5.57. The van der Waals surface area contributed by atoms with Gasteiger partial charge in [-0.25, -0.2) is 4.68 Å². The van der Waals surface area contributed by atoms with E-state index in [4.69, 9.17) is 23.2 Å². The molecular formula is C15H18Cl3N5O3. The van der Waals surface area contributed by atoms with E-state index in [-0.39, 0.29) is 45.4 Å². The lowest BCUT2D eigenvalue weighted by Gasteiger charge is -2.07. The summed E-state index contributed by atoms with van der Waals surface area (Å²) in [6.07, 6.45) is 2.54. The van der Waals surface area contributed by atoms with Gasteiger partial charge in [0, 0.05) is 31.4 Å². The molecule has 0 radical (unpaired) electrons. The van der Waals surface area contributed by atoms with Crippen LogP contribution in [0.15, 0.2) is 24.4 Å². The maximum atomic E-state index is 12.1. The largest absolute Gasteiger partial charge is 0.349 e. The molecule has 142 valence electrons. The quantitative estimate of drug-likeness (QED) is 0.386. The normalized spacial score (nSPS) is 10.3. The van der Waals surface area contributed by atoms with Crippen LogP contribution in [0.5, 0.6) is 0 Å². The minimum atomic E-state index is -0.587. The summed E-state index contributed by atoms with van der Waals surface area (Å²) >= 11 is 12.2. The van der Waals surface area contributed by atoms with E-state index in [2.05, 4.69) is 22.7 Å². The van der Waals surface area contributed by atoms with Gasteiger partial charge in [0.1, 0.15) is 5.69 Å². The van der Waals surface area contributed by atoms with Crippen LogP contribution < -0.4 is 10.6 Å². The van der Waals surface area contributed by atoms with Gasteiger partial charge in [-0.05, 0) is 19.0 Å². The van der Waals surface area contributed by atoms with Crippen LogP contribution in [0.4, 0.5) is 5.69 Å². The second kappa shape index (κ2) is 10.3. The van der Waals surface area contributed by atoms with Crippen LogP contribution in [-0.2, 0) is 0 Å². The van der Waals surface area contributed by atoms with Crippen molar-refractivity contribution >= 4 is 47.2 Å². The summed E-state index contributed by atoms with van der Waals surface area (Å²) in [4.78, 5) is 22.3. The van der Waals surface area contributed by atoms with Gasteiger partial charge in [-0.1, -0.05) is 30.1 Å². The lowest BCUT2D eigenvalue weighted by molar-refractivity contribution is -0.384. The Labute approximate surface area is 166 Å². The number of rotatable bonds is 8. The lowest BCUT2D eigenvalue weighted by Crippen LogP contribution is -2.32. The number of hydrogen-bond donors (Lipinski definition) is 2. The molecule has 0 spiro atoms. The Hall–Kier alpha value is -1.87. The van der Waals surface area contributed by atoms with Gasteiger partial charge in [0.15, 0.2) is 5.69 Å². The Morgan fingerprint density at radius 3 is 2.50 bits per heavy atom. The fourth-order valence-corrected chi connectivity index (χ4v) is 2.75. The number of benzene rings is 1. The molecule has 0 aliphatic carbocycles. The summed E-state index contributed by atoms with van der Waals surface area (Å²) in [5.74, 6) is -0.328. The molecule has 0 unspecified atom stereocenters. The fraction of sp³-hybridized carbons (Fsp3) is 0.333. The van der Waals surface area contributed by atoms with Crippen molar-refractivity contribution in [1.82, 2.24) is 20.4 Å². The number of amides is 1. The van der Waals surface area contributed by atoms with Crippen LogP contribution in [0, 0.1) is 10.1 Å². The first-order valence-electron chi connectivity index (χ1n) is 7.62. The highest BCUT2D eigenvalue weighted by atomic mass is 35.5. The van der Waals surface area contributed by atoms with Crippen LogP contribution in [0.1, 0.15) is 23.8 Å². The first kappa shape index (κ1) is 22.2. The summed E-state index contributed by atoms with van der Waals surface area (Å²) < 4.78 is 1.32. The van der Waals surface area contributed by atoms with Gasteiger partial charge < -0.3 is 10.6 Å². The van der Waals surface area contributed by atoms with E-state index in [1.54, 1.807) is 0 Å². The van der Waals surface area contributed by atoms with Gasteiger partial charge in [-0.3, -0.25) is 14.9 Å². The predicted molar refractivity (Wildman–Crippen MR) is 103 cm³/mol. The third-order valence-corrected chi connectivity index (χ3v) is 3.85. The summed E-state index contributed by atoms with van der Waals surface area (Å²) in [7, 11) is 0. The second-order valence-corrected chi connectivity index (χ2v) is 5.98. The average Bonchev–Trinajstić information content (AvgIpc) is 3.03. The lowest BCUT2D eigenvalue weighted by atomic mass is 10.3. The van der Waals surface area contributed by atoms with E-state index in [0.29, 0.717) is 13.1 Å². The maximum absolute atomic E-state index is 12.1. The van der Waals surface area contributed by atoms with Crippen LogP contribution in [-0.4, -0.2) is 40.2 Å². The molecule has 1 aromatic heterocycles. The Balaban J connectivity index is 0.00000338. The molecule has 2 aromatic rings. The average molecular weight is 423 g/mol. The van der Waals surface area contributed by atoms with E-state index in [1.165, 1.54) is 29.1 Å². The minimum absolute atomic E-state index is 0. The van der Waals surface area contributed by atoms with E-state index in [9.17, 15) is 14.9 Å². The van der Waals surface area contributed by atoms with Gasteiger partial charge in [0.2, 0.25) is 0 Å². The molecule has 2 rings (SSSR count). The SMILES string of the molecule is CCCNCCNC(=O)c1ccn(-c2c(Cl)cc([N+](=O)[O-])cc2Cl)n1.Cl. The molecule has 1 amide bonds. The highest BCUT2D eigenvalue weighted by molar-refractivity contribution is 6.38. The minimum Gasteiger partial charge on any atom is -0.349 e. The van der Waals surface area contributed by atoms with Gasteiger partial charge in [0.05, 0.1) is 15.0 Å². The number of nitro groups is 1. The van der Waals surface area contributed by atoms with Crippen molar-refractivity contribution in [1.29, 1.82) is 0 Å². The van der Waals surface area contributed by atoms with Gasteiger partial charge in [0.25, 0.3) is 11.6 Å². The number of nitrogens with zero attached hydrogens (tertiary/aromatic N) is 3. The second-order valence-electron chi connectivity index (χ2n) is 5.17. The number of aromatic nitrogens is 2. The number of carbonyl (C=O) groups is 1. The number of non-ortho nitro benzene ring substituents is 1. The summed E-state index contributed by atoms with van der Waals surface area (Å²) in [5.41, 5.74) is 0.252. The molecule has 0 bridgehead atoms. The van der Waals surface area contributed by atoms with E-state index >= 15 is 0 Å². The van der Waals surface area contributed by atoms with Crippen LogP contribution in [0.2, 0.25) is 10.0 Å². The van der Waals surface area contributed by atoms with E-state index < -0.39 is 4.92 Å². The van der Waals surface area contributed by atoms with E-state index in [1.807, 2.05) is 0 Å². The molecule has 0 atom stereocenters. The van der Waals surface area contributed by atoms with Crippen LogP contribution in [0.25, 0.3) is 5.69 Å². The first-order valence-corrected chi connectivity index (χ1v) is 8.38. The zero-order chi connectivity index (χ0) is 18.4. The zero-order valence-corrected chi connectivity index (χ0v) is 16.2. The zero-order valence-electron chi connectivity index (χ0n) is 13.9. The molecule has 1 heterocycles. The number of carbonyl (C=O) groups excluding carboxylic acids is 1. The van der Waals surface area contributed by atoms with Crippen molar-refractivity contribution in [3.63, 3.8) is 0 Å². The predicted octanol–water partition coefficient (Wildman–Crippen LogP) is 3.24. The van der Waals surface area contributed by atoms with Crippen molar-refractivity contribution in [3.8, 4) is 5.69 Å². The Morgan fingerprint density at radius 2 is 1.92 bits per heavy atom. The number of halogens is 3. The summed E-state index contributed by atoms with van der Waals surface area (Å²) in [6, 6.07) is 3.88. The van der Waals surface area contributed by atoms with Crippen molar-refractivity contribution in [2.24, 2.45) is 0 Å². The highest BCUT2D eigenvalue weighted by Crippen LogP contribution is 2.32. The molecule has 8 nitrogen and oxygen atoms in total. The summed E-state index contributed by atoms with van der Waals surface area (Å²) in [5, 5.41) is 21.0.